The van der Waals surface area contributed by atoms with E-state index >= 15 is 0 Å². The van der Waals surface area contributed by atoms with E-state index in [9.17, 15) is 9.59 Å². The van der Waals surface area contributed by atoms with Crippen molar-refractivity contribution < 1.29 is 14.7 Å². The predicted molar refractivity (Wildman–Crippen MR) is 63.5 cm³/mol. The molecule has 0 unspecified atom stereocenters. The number of carboxylic acids is 1. The second kappa shape index (κ2) is 6.14. The summed E-state index contributed by atoms with van der Waals surface area (Å²) in [6, 6.07) is -0.950. The molecule has 0 aromatic carbocycles. The maximum absolute atomic E-state index is 12.1. The Morgan fingerprint density at radius 2 is 2.29 bits per heavy atom. The third-order valence-corrected chi connectivity index (χ3v) is 2.83. The Hall–Kier alpha value is -1.70. The van der Waals surface area contributed by atoms with Gasteiger partial charge in [-0.15, -0.1) is 6.42 Å². The first-order valence-electron chi connectivity index (χ1n) is 5.83. The van der Waals surface area contributed by atoms with Gasteiger partial charge in [0, 0.05) is 13.1 Å². The molecule has 17 heavy (non-hydrogen) atoms. The number of carboxylic acid groups (broad SMARTS) is 1. The fraction of sp³-hybridized carbons (Fsp3) is 0.667. The summed E-state index contributed by atoms with van der Waals surface area (Å²) in [6.45, 7) is 3.25. The van der Waals surface area contributed by atoms with E-state index in [2.05, 4.69) is 5.92 Å². The van der Waals surface area contributed by atoms with E-state index < -0.39 is 12.0 Å². The molecule has 1 heterocycles. The summed E-state index contributed by atoms with van der Waals surface area (Å²) < 4.78 is 0. The van der Waals surface area contributed by atoms with Gasteiger partial charge in [-0.25, -0.2) is 9.59 Å². The number of likely N-dealkylation sites (tertiary alicyclic amines) is 1. The van der Waals surface area contributed by atoms with E-state index in [1.165, 1.54) is 9.80 Å². The molecule has 1 N–H and O–H groups in total. The third-order valence-electron chi connectivity index (χ3n) is 2.83. The van der Waals surface area contributed by atoms with Crippen molar-refractivity contribution in [2.75, 3.05) is 19.6 Å². The first kappa shape index (κ1) is 13.4. The number of hydrogen-bond donors (Lipinski definition) is 1. The number of aliphatic carboxylic acids is 1. The molecule has 0 aliphatic carbocycles. The summed E-state index contributed by atoms with van der Waals surface area (Å²) in [5.41, 5.74) is 0. The molecule has 1 saturated heterocycles. The van der Waals surface area contributed by atoms with Crippen LogP contribution in [0.2, 0.25) is 0 Å². The molecule has 0 bridgehead atoms. The van der Waals surface area contributed by atoms with Crippen LogP contribution in [0.5, 0.6) is 0 Å². The van der Waals surface area contributed by atoms with Crippen molar-refractivity contribution in [2.24, 2.45) is 0 Å². The van der Waals surface area contributed by atoms with Crippen molar-refractivity contribution in [3.8, 4) is 12.3 Å². The molecule has 94 valence electrons. The van der Waals surface area contributed by atoms with Gasteiger partial charge in [-0.3, -0.25) is 0 Å². The van der Waals surface area contributed by atoms with Crippen LogP contribution in [-0.2, 0) is 4.79 Å². The highest BCUT2D eigenvalue weighted by Crippen LogP contribution is 2.19. The van der Waals surface area contributed by atoms with Crippen molar-refractivity contribution in [2.45, 2.75) is 32.2 Å². The smallest absolute Gasteiger partial charge is 0.326 e. The molecular formula is C12H18N2O3. The zero-order valence-electron chi connectivity index (χ0n) is 10.1. The SMILES string of the molecule is C#CCN(CCC)C(=O)N1CCC[C@H]1C(=O)O. The Kier molecular flexibility index (Phi) is 4.83. The fourth-order valence-corrected chi connectivity index (χ4v) is 2.06. The van der Waals surface area contributed by atoms with Gasteiger partial charge in [0.1, 0.15) is 6.04 Å². The lowest BCUT2D eigenvalue weighted by Gasteiger charge is -2.28. The van der Waals surface area contributed by atoms with Crippen LogP contribution in [-0.4, -0.2) is 52.6 Å². The average molecular weight is 238 g/mol. The summed E-state index contributed by atoms with van der Waals surface area (Å²) in [5.74, 6) is 1.50. The fourth-order valence-electron chi connectivity index (χ4n) is 2.06. The number of hydrogen-bond acceptors (Lipinski definition) is 2. The molecule has 1 aliphatic heterocycles. The third kappa shape index (κ3) is 3.13. The van der Waals surface area contributed by atoms with Crippen LogP contribution in [0.4, 0.5) is 4.79 Å². The first-order chi connectivity index (χ1) is 8.11. The first-order valence-corrected chi connectivity index (χ1v) is 5.83. The maximum Gasteiger partial charge on any atom is 0.326 e. The van der Waals surface area contributed by atoms with Gasteiger partial charge in [-0.2, -0.15) is 0 Å². The van der Waals surface area contributed by atoms with Crippen LogP contribution in [0, 0.1) is 12.3 Å². The lowest BCUT2D eigenvalue weighted by molar-refractivity contribution is -0.141. The molecule has 1 atom stereocenters. The second-order valence-electron chi connectivity index (χ2n) is 4.10. The Bertz CT molecular complexity index is 335. The Labute approximate surface area is 101 Å². The van der Waals surface area contributed by atoms with Gasteiger partial charge >= 0.3 is 12.0 Å². The Morgan fingerprint density at radius 3 is 2.82 bits per heavy atom. The van der Waals surface area contributed by atoms with Crippen molar-refractivity contribution in [3.05, 3.63) is 0 Å². The largest absolute Gasteiger partial charge is 0.480 e. The van der Waals surface area contributed by atoms with Gasteiger partial charge in [0.2, 0.25) is 0 Å². The number of carbonyl (C=O) groups excluding carboxylic acids is 1. The van der Waals surface area contributed by atoms with Gasteiger partial charge in [0.05, 0.1) is 6.54 Å². The summed E-state index contributed by atoms with van der Waals surface area (Å²) in [6.07, 6.45) is 7.28. The van der Waals surface area contributed by atoms with E-state index in [0.29, 0.717) is 19.5 Å². The number of nitrogens with zero attached hydrogens (tertiary/aromatic N) is 2. The minimum atomic E-state index is -0.937. The second-order valence-corrected chi connectivity index (χ2v) is 4.10. The molecule has 1 aliphatic rings. The highest BCUT2D eigenvalue weighted by molar-refractivity contribution is 5.83. The van der Waals surface area contributed by atoms with Crippen molar-refractivity contribution in [1.82, 2.24) is 9.80 Å². The molecule has 5 heteroatoms. The molecule has 5 nitrogen and oxygen atoms in total. The molecular weight excluding hydrogens is 220 g/mol. The molecule has 0 radical (unpaired) electrons. The average Bonchev–Trinajstić information content (AvgIpc) is 2.76. The van der Waals surface area contributed by atoms with Crippen LogP contribution < -0.4 is 0 Å². The summed E-state index contributed by atoms with van der Waals surface area (Å²) in [5, 5.41) is 9.02. The lowest BCUT2D eigenvalue weighted by Crippen LogP contribution is -2.48. The predicted octanol–water partition coefficient (Wildman–Crippen LogP) is 1.00. The van der Waals surface area contributed by atoms with Crippen molar-refractivity contribution >= 4 is 12.0 Å². The van der Waals surface area contributed by atoms with Crippen LogP contribution >= 0.6 is 0 Å². The van der Waals surface area contributed by atoms with Gasteiger partial charge in [0.25, 0.3) is 0 Å². The topological polar surface area (TPSA) is 60.9 Å². The van der Waals surface area contributed by atoms with E-state index in [0.717, 1.165) is 12.8 Å². The monoisotopic (exact) mass is 238 g/mol. The highest BCUT2D eigenvalue weighted by Gasteiger charge is 2.35. The van der Waals surface area contributed by atoms with Crippen LogP contribution in [0.3, 0.4) is 0 Å². The molecule has 2 amide bonds. The lowest BCUT2D eigenvalue weighted by atomic mass is 10.2. The maximum atomic E-state index is 12.1. The van der Waals surface area contributed by atoms with E-state index in [1.807, 2.05) is 6.92 Å². The zero-order valence-corrected chi connectivity index (χ0v) is 10.1. The Balaban J connectivity index is 2.72. The van der Waals surface area contributed by atoms with Gasteiger partial charge in [-0.1, -0.05) is 12.8 Å². The van der Waals surface area contributed by atoms with Gasteiger partial charge < -0.3 is 14.9 Å². The quantitative estimate of drug-likeness (QED) is 0.743. The number of amides is 2. The number of rotatable bonds is 4. The standard InChI is InChI=1S/C12H18N2O3/c1-3-7-13(8-4-2)12(17)14-9-5-6-10(14)11(15)16/h1,10H,4-9H2,2H3,(H,15,16)/t10-/m0/s1. The molecule has 1 fully saturated rings. The highest BCUT2D eigenvalue weighted by atomic mass is 16.4. The summed E-state index contributed by atoms with van der Waals surface area (Å²) >= 11 is 0. The summed E-state index contributed by atoms with van der Waals surface area (Å²) in [4.78, 5) is 26.1. The van der Waals surface area contributed by atoms with Crippen LogP contribution in [0.1, 0.15) is 26.2 Å². The Morgan fingerprint density at radius 1 is 1.59 bits per heavy atom. The molecule has 0 saturated carbocycles. The van der Waals surface area contributed by atoms with Crippen molar-refractivity contribution in [3.63, 3.8) is 0 Å². The van der Waals surface area contributed by atoms with Gasteiger partial charge in [-0.05, 0) is 19.3 Å². The van der Waals surface area contributed by atoms with Gasteiger partial charge in [0.15, 0.2) is 0 Å². The number of carbonyl (C=O) groups is 2. The minimum Gasteiger partial charge on any atom is -0.480 e. The van der Waals surface area contributed by atoms with E-state index in [4.69, 9.17) is 11.5 Å². The normalized spacial score (nSPS) is 18.8. The van der Waals surface area contributed by atoms with Crippen molar-refractivity contribution in [1.29, 1.82) is 0 Å². The minimum absolute atomic E-state index is 0.232. The molecule has 0 aromatic rings. The number of terminal acetylenes is 1. The summed E-state index contributed by atoms with van der Waals surface area (Å²) in [7, 11) is 0. The molecule has 1 rings (SSSR count). The molecule has 0 aromatic heterocycles. The zero-order chi connectivity index (χ0) is 12.8. The molecule has 0 spiro atoms. The van der Waals surface area contributed by atoms with E-state index in [1.54, 1.807) is 0 Å². The van der Waals surface area contributed by atoms with E-state index in [-0.39, 0.29) is 12.6 Å². The number of urea groups is 1. The van der Waals surface area contributed by atoms with Crippen LogP contribution in [0.25, 0.3) is 0 Å². The van der Waals surface area contributed by atoms with Crippen LogP contribution in [0.15, 0.2) is 0 Å².